The first-order valence-corrected chi connectivity index (χ1v) is 5.94. The van der Waals surface area contributed by atoms with Crippen molar-refractivity contribution < 1.29 is 9.90 Å². The number of pyridine rings is 1. The lowest BCUT2D eigenvalue weighted by atomic mass is 9.99. The minimum Gasteiger partial charge on any atom is -0.478 e. The zero-order chi connectivity index (χ0) is 13.3. The largest absolute Gasteiger partial charge is 0.478 e. The monoisotopic (exact) mass is 261 g/mol. The second kappa shape index (κ2) is 4.78. The Morgan fingerprint density at radius 3 is 2.83 bits per heavy atom. The number of aryl methyl sites for hydroxylation is 1. The van der Waals surface area contributed by atoms with Crippen LogP contribution in [0.5, 0.6) is 0 Å². The highest BCUT2D eigenvalue weighted by Gasteiger charge is 2.18. The van der Waals surface area contributed by atoms with Gasteiger partial charge in [-0.15, -0.1) is 0 Å². The summed E-state index contributed by atoms with van der Waals surface area (Å²) in [5, 5.41) is 10.5. The van der Waals surface area contributed by atoms with Crippen LogP contribution < -0.4 is 0 Å². The van der Waals surface area contributed by atoms with Gasteiger partial charge in [0.15, 0.2) is 0 Å². The number of rotatable bonds is 3. The Morgan fingerprint density at radius 1 is 1.56 bits per heavy atom. The van der Waals surface area contributed by atoms with E-state index in [0.717, 1.165) is 0 Å². The molecule has 2 aromatic rings. The van der Waals surface area contributed by atoms with Crippen molar-refractivity contribution in [3.63, 3.8) is 0 Å². The van der Waals surface area contributed by atoms with Crippen LogP contribution in [-0.4, -0.2) is 16.1 Å². The number of para-hydroxylation sites is 1. The zero-order valence-corrected chi connectivity index (χ0v) is 10.7. The first-order valence-electron chi connectivity index (χ1n) is 5.57. The Kier molecular flexibility index (Phi) is 3.34. The van der Waals surface area contributed by atoms with Gasteiger partial charge in [-0.25, -0.2) is 4.79 Å². The Morgan fingerprint density at radius 2 is 2.28 bits per heavy atom. The van der Waals surface area contributed by atoms with Gasteiger partial charge >= 0.3 is 5.97 Å². The summed E-state index contributed by atoms with van der Waals surface area (Å²) >= 11 is 6.10. The maximum atomic E-state index is 11.4. The predicted octanol–water partition coefficient (Wildman–Crippen LogP) is 3.79. The molecule has 1 N–H and O–H groups in total. The van der Waals surface area contributed by atoms with Crippen LogP contribution in [-0.2, 0) is 6.42 Å². The Hall–Kier alpha value is -1.87. The van der Waals surface area contributed by atoms with Gasteiger partial charge < -0.3 is 5.11 Å². The molecular weight excluding hydrogens is 250 g/mol. The average molecular weight is 262 g/mol. The third kappa shape index (κ3) is 1.87. The number of halogens is 1. The minimum atomic E-state index is -0.990. The van der Waals surface area contributed by atoms with Gasteiger partial charge in [0.1, 0.15) is 0 Å². The van der Waals surface area contributed by atoms with Gasteiger partial charge in [0, 0.05) is 5.39 Å². The SMILES string of the molecule is C=Cc1c(C(=O)O)c(CC)nc2c(Cl)cccc12. The molecule has 0 bridgehead atoms. The molecule has 0 saturated carbocycles. The number of benzene rings is 1. The Bertz CT molecular complexity index is 650. The summed E-state index contributed by atoms with van der Waals surface area (Å²) in [4.78, 5) is 15.7. The van der Waals surface area contributed by atoms with Crippen LogP contribution in [0.15, 0.2) is 24.8 Å². The van der Waals surface area contributed by atoms with E-state index in [2.05, 4.69) is 11.6 Å². The quantitative estimate of drug-likeness (QED) is 0.914. The van der Waals surface area contributed by atoms with Gasteiger partial charge in [0.2, 0.25) is 0 Å². The van der Waals surface area contributed by atoms with Crippen molar-refractivity contribution in [2.24, 2.45) is 0 Å². The van der Waals surface area contributed by atoms with Gasteiger partial charge in [-0.05, 0) is 18.1 Å². The first kappa shape index (κ1) is 12.6. The average Bonchev–Trinajstić information content (AvgIpc) is 2.36. The second-order valence-electron chi connectivity index (χ2n) is 3.85. The molecule has 18 heavy (non-hydrogen) atoms. The number of aromatic carboxylic acids is 1. The number of nitrogens with zero attached hydrogens (tertiary/aromatic N) is 1. The molecule has 0 amide bonds. The third-order valence-corrected chi connectivity index (χ3v) is 3.14. The van der Waals surface area contributed by atoms with Crippen LogP contribution in [0.3, 0.4) is 0 Å². The van der Waals surface area contributed by atoms with Crippen LogP contribution in [0.1, 0.15) is 28.5 Å². The Balaban J connectivity index is 3.00. The molecule has 92 valence electrons. The number of hydrogen-bond donors (Lipinski definition) is 1. The number of carboxylic acid groups (broad SMARTS) is 1. The molecule has 0 atom stereocenters. The van der Waals surface area contributed by atoms with Gasteiger partial charge in [0.25, 0.3) is 0 Å². The van der Waals surface area contributed by atoms with Crippen molar-refractivity contribution in [2.45, 2.75) is 13.3 Å². The number of hydrogen-bond acceptors (Lipinski definition) is 2. The fourth-order valence-corrected chi connectivity index (χ4v) is 2.25. The van der Waals surface area contributed by atoms with Gasteiger partial charge in [-0.3, -0.25) is 4.98 Å². The van der Waals surface area contributed by atoms with E-state index in [0.29, 0.717) is 33.6 Å². The molecular formula is C14H12ClNO2. The van der Waals surface area contributed by atoms with E-state index in [4.69, 9.17) is 11.6 Å². The van der Waals surface area contributed by atoms with Crippen LogP contribution in [0.4, 0.5) is 0 Å². The van der Waals surface area contributed by atoms with Crippen molar-refractivity contribution in [3.8, 4) is 0 Å². The van der Waals surface area contributed by atoms with Crippen LogP contribution in [0.25, 0.3) is 17.0 Å². The summed E-state index contributed by atoms with van der Waals surface area (Å²) in [6.07, 6.45) is 2.08. The van der Waals surface area contributed by atoms with E-state index in [1.54, 1.807) is 24.3 Å². The number of fused-ring (bicyclic) bond motifs is 1. The molecule has 0 aliphatic rings. The number of carbonyl (C=O) groups is 1. The van der Waals surface area contributed by atoms with Crippen molar-refractivity contribution in [1.29, 1.82) is 0 Å². The van der Waals surface area contributed by atoms with Crippen molar-refractivity contribution >= 4 is 34.5 Å². The smallest absolute Gasteiger partial charge is 0.338 e. The summed E-state index contributed by atoms with van der Waals surface area (Å²) < 4.78 is 0. The topological polar surface area (TPSA) is 50.2 Å². The van der Waals surface area contributed by atoms with E-state index < -0.39 is 5.97 Å². The molecule has 0 unspecified atom stereocenters. The van der Waals surface area contributed by atoms with E-state index in [-0.39, 0.29) is 5.56 Å². The third-order valence-electron chi connectivity index (χ3n) is 2.83. The first-order chi connectivity index (χ1) is 8.60. The fourth-order valence-electron chi connectivity index (χ4n) is 2.03. The lowest BCUT2D eigenvalue weighted by Gasteiger charge is -2.11. The number of carboxylic acids is 1. The standard InChI is InChI=1S/C14H12ClNO2/c1-3-8-9-6-5-7-10(15)13(9)16-11(4-2)12(8)14(17)18/h3,5-7H,1,4H2,2H3,(H,17,18). The maximum absolute atomic E-state index is 11.4. The van der Waals surface area contributed by atoms with E-state index in [1.165, 1.54) is 0 Å². The van der Waals surface area contributed by atoms with Gasteiger partial charge in [0.05, 0.1) is 21.8 Å². The van der Waals surface area contributed by atoms with E-state index in [1.807, 2.05) is 6.92 Å². The summed E-state index contributed by atoms with van der Waals surface area (Å²) in [5.41, 5.74) is 1.93. The van der Waals surface area contributed by atoms with E-state index in [9.17, 15) is 9.90 Å². The van der Waals surface area contributed by atoms with Crippen molar-refractivity contribution in [1.82, 2.24) is 4.98 Å². The molecule has 0 aliphatic heterocycles. The molecule has 0 aliphatic carbocycles. The molecule has 0 saturated heterocycles. The molecule has 4 heteroatoms. The predicted molar refractivity (Wildman–Crippen MR) is 73.2 cm³/mol. The number of aromatic nitrogens is 1. The minimum absolute atomic E-state index is 0.210. The van der Waals surface area contributed by atoms with Crippen LogP contribution in [0.2, 0.25) is 5.02 Å². The second-order valence-corrected chi connectivity index (χ2v) is 4.25. The molecule has 1 aromatic heterocycles. The summed E-state index contributed by atoms with van der Waals surface area (Å²) in [7, 11) is 0. The maximum Gasteiger partial charge on any atom is 0.338 e. The van der Waals surface area contributed by atoms with Crippen LogP contribution >= 0.6 is 11.6 Å². The van der Waals surface area contributed by atoms with E-state index >= 15 is 0 Å². The molecule has 0 spiro atoms. The fraction of sp³-hybridized carbons (Fsp3) is 0.143. The summed E-state index contributed by atoms with van der Waals surface area (Å²) in [6, 6.07) is 5.32. The lowest BCUT2D eigenvalue weighted by Crippen LogP contribution is -2.08. The molecule has 0 fully saturated rings. The zero-order valence-electron chi connectivity index (χ0n) is 9.90. The molecule has 1 aromatic carbocycles. The van der Waals surface area contributed by atoms with Crippen LogP contribution in [0, 0.1) is 0 Å². The summed E-state index contributed by atoms with van der Waals surface area (Å²) in [5.74, 6) is -0.990. The normalized spacial score (nSPS) is 10.6. The Labute approximate surface area is 110 Å². The van der Waals surface area contributed by atoms with Gasteiger partial charge in [-0.1, -0.05) is 43.3 Å². The highest BCUT2D eigenvalue weighted by molar-refractivity contribution is 6.35. The molecule has 0 radical (unpaired) electrons. The molecule has 2 rings (SSSR count). The lowest BCUT2D eigenvalue weighted by molar-refractivity contribution is 0.0695. The molecule has 1 heterocycles. The summed E-state index contributed by atoms with van der Waals surface area (Å²) in [6.45, 7) is 5.56. The highest BCUT2D eigenvalue weighted by Crippen LogP contribution is 2.29. The van der Waals surface area contributed by atoms with Crippen molar-refractivity contribution in [2.75, 3.05) is 0 Å². The highest BCUT2D eigenvalue weighted by atomic mass is 35.5. The van der Waals surface area contributed by atoms with Gasteiger partial charge in [-0.2, -0.15) is 0 Å². The molecule has 3 nitrogen and oxygen atoms in total. The van der Waals surface area contributed by atoms with Crippen molar-refractivity contribution in [3.05, 3.63) is 46.6 Å².